The van der Waals surface area contributed by atoms with Crippen molar-refractivity contribution in [1.82, 2.24) is 19.5 Å². The van der Waals surface area contributed by atoms with Gasteiger partial charge in [0.15, 0.2) is 17.5 Å². The highest BCUT2D eigenvalue weighted by atomic mass is 28.3. The zero-order valence-electron chi connectivity index (χ0n) is 39.3. The first kappa shape index (κ1) is 42.1. The van der Waals surface area contributed by atoms with Crippen LogP contribution in [-0.2, 0) is 10.8 Å². The molecule has 4 nitrogen and oxygen atoms in total. The van der Waals surface area contributed by atoms with Crippen molar-refractivity contribution < 1.29 is 0 Å². The second kappa shape index (κ2) is 16.3. The van der Waals surface area contributed by atoms with E-state index in [1.54, 1.807) is 5.19 Å². The molecule has 0 atom stereocenters. The highest BCUT2D eigenvalue weighted by molar-refractivity contribution is 6.91. The molecule has 0 aliphatic heterocycles. The molecule has 0 N–H and O–H groups in total. The quantitative estimate of drug-likeness (QED) is 0.122. The Bertz CT molecular complexity index is 2760. The maximum Gasteiger partial charge on any atom is 0.164 e. The van der Waals surface area contributed by atoms with Crippen LogP contribution in [0.1, 0.15) is 135 Å². The predicted octanol–water partition coefficient (Wildman–Crippen LogP) is 15.5. The molecule has 5 heteroatoms. The van der Waals surface area contributed by atoms with Crippen molar-refractivity contribution >= 4 is 35.1 Å². The van der Waals surface area contributed by atoms with Gasteiger partial charge in [0.1, 0.15) is 0 Å². The fraction of sp³-hybridized carbons (Fsp3) is 0.431. The second-order valence-electron chi connectivity index (χ2n) is 21.8. The van der Waals surface area contributed by atoms with Crippen LogP contribution >= 0.6 is 0 Å². The molecule has 0 unspecified atom stereocenters. The number of benzene rings is 5. The standard InChI is InChI=1S/C58H68N4Si/c1-38(2)39-18-20-40(21-19-39)54-59-55(41-22-25-45(26-23-41)57(3,4)43-16-12-13-17-43)61-56(60-54)42-24-34-52-50(36-42)51-37-46(58(5,6)44-14-10-9-11-15-44)27-35-53(51)62(52)47-28-30-48(31-29-47)63(7,8)49-32-33-49/h18-31,34-38,43-44,49H,9-17,32-33H2,1-8H3. The van der Waals surface area contributed by atoms with Gasteiger partial charge in [-0.25, -0.2) is 15.0 Å². The van der Waals surface area contributed by atoms with Gasteiger partial charge in [-0.3, -0.25) is 0 Å². The average Bonchev–Trinajstić information content (AvgIpc) is 3.93. The summed E-state index contributed by atoms with van der Waals surface area (Å²) in [6.07, 6.45) is 14.8. The smallest absolute Gasteiger partial charge is 0.164 e. The third kappa shape index (κ3) is 7.81. The lowest BCUT2D eigenvalue weighted by molar-refractivity contribution is 0.236. The molecule has 3 aliphatic carbocycles. The number of aromatic nitrogens is 4. The molecule has 324 valence electrons. The maximum atomic E-state index is 5.31. The number of rotatable bonds is 11. The van der Waals surface area contributed by atoms with E-state index in [1.807, 2.05) is 0 Å². The lowest BCUT2D eigenvalue weighted by Gasteiger charge is -2.37. The molecule has 0 radical (unpaired) electrons. The lowest BCUT2D eigenvalue weighted by atomic mass is 9.67. The van der Waals surface area contributed by atoms with Crippen molar-refractivity contribution in [3.8, 4) is 39.9 Å². The lowest BCUT2D eigenvalue weighted by Crippen LogP contribution is -2.41. The van der Waals surface area contributed by atoms with Crippen LogP contribution in [-0.4, -0.2) is 27.6 Å². The molecule has 0 amide bonds. The van der Waals surface area contributed by atoms with E-state index in [9.17, 15) is 0 Å². The summed E-state index contributed by atoms with van der Waals surface area (Å²) in [5, 5.41) is 4.11. The fourth-order valence-corrected chi connectivity index (χ4v) is 14.8. The molecule has 5 aromatic carbocycles. The van der Waals surface area contributed by atoms with Crippen molar-refractivity contribution in [2.75, 3.05) is 0 Å². The Hall–Kier alpha value is -4.87. The largest absolute Gasteiger partial charge is 0.309 e. The molecule has 63 heavy (non-hydrogen) atoms. The van der Waals surface area contributed by atoms with E-state index < -0.39 is 8.07 Å². The van der Waals surface area contributed by atoms with Gasteiger partial charge in [0.25, 0.3) is 0 Å². The summed E-state index contributed by atoms with van der Waals surface area (Å²) < 4.78 is 2.50. The van der Waals surface area contributed by atoms with E-state index in [1.165, 1.54) is 115 Å². The summed E-state index contributed by atoms with van der Waals surface area (Å²) >= 11 is 0. The van der Waals surface area contributed by atoms with Crippen LogP contribution in [0.3, 0.4) is 0 Å². The van der Waals surface area contributed by atoms with Crippen LogP contribution in [0, 0.1) is 11.8 Å². The minimum atomic E-state index is -1.46. The predicted molar refractivity (Wildman–Crippen MR) is 269 cm³/mol. The number of nitrogens with zero attached hydrogens (tertiary/aromatic N) is 4. The van der Waals surface area contributed by atoms with E-state index in [-0.39, 0.29) is 10.8 Å². The van der Waals surface area contributed by atoms with Gasteiger partial charge in [-0.1, -0.05) is 171 Å². The van der Waals surface area contributed by atoms with E-state index in [0.717, 1.165) is 28.1 Å². The van der Waals surface area contributed by atoms with Crippen molar-refractivity contribution in [1.29, 1.82) is 0 Å². The topological polar surface area (TPSA) is 43.6 Å². The summed E-state index contributed by atoms with van der Waals surface area (Å²) in [5.41, 5.74) is 12.0. The summed E-state index contributed by atoms with van der Waals surface area (Å²) in [7, 11) is -1.46. The molecular weight excluding hydrogens is 781 g/mol. The van der Waals surface area contributed by atoms with Crippen LogP contribution < -0.4 is 5.19 Å². The second-order valence-corrected chi connectivity index (χ2v) is 26.6. The van der Waals surface area contributed by atoms with Crippen molar-refractivity contribution in [3.05, 3.63) is 126 Å². The SMILES string of the molecule is CC(C)c1ccc(-c2nc(-c3ccc(C(C)(C)C4CCCC4)cc3)nc(-c3ccc4c(c3)c3cc(C(C)(C)C5CCCCC5)ccc3n4-c3ccc([Si](C)(C)C4CC4)cc3)n2)cc1. The van der Waals surface area contributed by atoms with Gasteiger partial charge in [-0.15, -0.1) is 0 Å². The molecule has 0 saturated heterocycles. The summed E-state index contributed by atoms with van der Waals surface area (Å²) in [4.78, 5) is 15.8. The van der Waals surface area contributed by atoms with E-state index in [4.69, 9.17) is 15.0 Å². The minimum Gasteiger partial charge on any atom is -0.309 e. The fourth-order valence-electron chi connectivity index (χ4n) is 11.7. The normalized spacial score (nSPS) is 17.1. The van der Waals surface area contributed by atoms with Crippen LogP contribution in [0.25, 0.3) is 61.7 Å². The summed E-state index contributed by atoms with van der Waals surface area (Å²) in [6.45, 7) is 19.4. The van der Waals surface area contributed by atoms with Crippen LogP contribution in [0.15, 0.2) is 109 Å². The van der Waals surface area contributed by atoms with Crippen LogP contribution in [0.4, 0.5) is 0 Å². The summed E-state index contributed by atoms with van der Waals surface area (Å²) in [5.74, 6) is 3.99. The molecular formula is C58H68N4Si. The monoisotopic (exact) mass is 849 g/mol. The molecule has 7 aromatic rings. The maximum absolute atomic E-state index is 5.31. The molecule has 2 heterocycles. The Morgan fingerprint density at radius 1 is 0.508 bits per heavy atom. The highest BCUT2D eigenvalue weighted by Crippen LogP contribution is 2.46. The van der Waals surface area contributed by atoms with E-state index in [2.05, 4.69) is 168 Å². The first-order valence-corrected chi connectivity index (χ1v) is 27.5. The Labute approximate surface area is 378 Å². The Morgan fingerprint density at radius 2 is 0.968 bits per heavy atom. The number of fused-ring (bicyclic) bond motifs is 3. The first-order chi connectivity index (χ1) is 30.3. The van der Waals surface area contributed by atoms with Gasteiger partial charge in [0.05, 0.1) is 19.1 Å². The van der Waals surface area contributed by atoms with E-state index >= 15 is 0 Å². The van der Waals surface area contributed by atoms with E-state index in [0.29, 0.717) is 29.3 Å². The zero-order valence-corrected chi connectivity index (χ0v) is 40.3. The third-order valence-electron chi connectivity index (χ3n) is 16.6. The Kier molecular flexibility index (Phi) is 10.9. The number of hydrogen-bond donors (Lipinski definition) is 0. The average molecular weight is 849 g/mol. The minimum absolute atomic E-state index is 0.0896. The molecule has 3 aliphatic rings. The van der Waals surface area contributed by atoms with Crippen molar-refractivity contribution in [2.24, 2.45) is 11.8 Å². The van der Waals surface area contributed by atoms with Gasteiger partial charge in [-0.05, 0) is 119 Å². The molecule has 2 aromatic heterocycles. The van der Waals surface area contributed by atoms with Gasteiger partial charge in [-0.2, -0.15) is 0 Å². The van der Waals surface area contributed by atoms with Gasteiger partial charge >= 0.3 is 0 Å². The molecule has 3 saturated carbocycles. The molecule has 10 rings (SSSR count). The van der Waals surface area contributed by atoms with Crippen molar-refractivity contribution in [2.45, 2.75) is 148 Å². The molecule has 0 spiro atoms. The zero-order chi connectivity index (χ0) is 43.7. The van der Waals surface area contributed by atoms with Crippen LogP contribution in [0.2, 0.25) is 18.6 Å². The molecule has 3 fully saturated rings. The molecule has 0 bridgehead atoms. The number of hydrogen-bond acceptors (Lipinski definition) is 3. The Balaban J connectivity index is 1.12. The van der Waals surface area contributed by atoms with Gasteiger partial charge in [0, 0.05) is 33.2 Å². The Morgan fingerprint density at radius 3 is 1.52 bits per heavy atom. The first-order valence-electron chi connectivity index (χ1n) is 24.5. The van der Waals surface area contributed by atoms with Gasteiger partial charge in [0.2, 0.25) is 0 Å². The van der Waals surface area contributed by atoms with Crippen molar-refractivity contribution in [3.63, 3.8) is 0 Å². The highest BCUT2D eigenvalue weighted by Gasteiger charge is 2.41. The summed E-state index contributed by atoms with van der Waals surface area (Å²) in [6, 6.07) is 41.8. The van der Waals surface area contributed by atoms with Gasteiger partial charge < -0.3 is 4.57 Å². The van der Waals surface area contributed by atoms with Crippen LogP contribution in [0.5, 0.6) is 0 Å². The third-order valence-corrected chi connectivity index (χ3v) is 21.0.